The molecule has 19 heavy (non-hydrogen) atoms. The number of fused-ring (bicyclic) bond motifs is 1. The largest absolute Gasteiger partial charge is 0.313 e. The first-order valence-electron chi connectivity index (χ1n) is 8.60. The van der Waals surface area contributed by atoms with E-state index in [2.05, 4.69) is 22.0 Å². The Morgan fingerprint density at radius 1 is 0.895 bits per heavy atom. The third kappa shape index (κ3) is 3.14. The molecule has 0 aromatic heterocycles. The third-order valence-electron chi connectivity index (χ3n) is 5.53. The van der Waals surface area contributed by atoms with Crippen LogP contribution in [0.1, 0.15) is 51.9 Å². The highest BCUT2D eigenvalue weighted by atomic mass is 15.3. The quantitative estimate of drug-likeness (QED) is 0.843. The Hall–Kier alpha value is -0.120. The first-order valence-corrected chi connectivity index (χ1v) is 8.60. The molecule has 110 valence electrons. The number of hydrogen-bond donors (Lipinski definition) is 1. The van der Waals surface area contributed by atoms with E-state index in [1.807, 2.05) is 0 Å². The Kier molecular flexibility index (Phi) is 4.78. The van der Waals surface area contributed by atoms with Gasteiger partial charge in [-0.25, -0.2) is 0 Å². The molecule has 3 nitrogen and oxygen atoms in total. The van der Waals surface area contributed by atoms with Crippen molar-refractivity contribution < 1.29 is 0 Å². The molecule has 0 aromatic carbocycles. The maximum atomic E-state index is 3.75. The summed E-state index contributed by atoms with van der Waals surface area (Å²) in [6, 6.07) is 2.44. The lowest BCUT2D eigenvalue weighted by Crippen LogP contribution is -2.61. The zero-order chi connectivity index (χ0) is 13.1. The van der Waals surface area contributed by atoms with E-state index in [1.54, 1.807) is 0 Å². The summed E-state index contributed by atoms with van der Waals surface area (Å²) in [4.78, 5) is 5.59. The minimum Gasteiger partial charge on any atom is -0.313 e. The Bertz CT molecular complexity index is 279. The Morgan fingerprint density at radius 3 is 2.58 bits per heavy atom. The van der Waals surface area contributed by atoms with Crippen LogP contribution in [0.25, 0.3) is 0 Å². The highest BCUT2D eigenvalue weighted by molar-refractivity contribution is 4.93. The van der Waals surface area contributed by atoms with E-state index in [4.69, 9.17) is 0 Å². The van der Waals surface area contributed by atoms with Crippen molar-refractivity contribution in [1.29, 1.82) is 0 Å². The van der Waals surface area contributed by atoms with E-state index in [-0.39, 0.29) is 0 Å². The minimum atomic E-state index is 0.758. The van der Waals surface area contributed by atoms with Crippen LogP contribution in [0.2, 0.25) is 0 Å². The summed E-state index contributed by atoms with van der Waals surface area (Å²) < 4.78 is 0. The minimum absolute atomic E-state index is 0.758. The SMILES string of the molecule is CCNC1CCCCC1N1CCN2CCCCC2C1. The van der Waals surface area contributed by atoms with Gasteiger partial charge in [0, 0.05) is 37.8 Å². The first kappa shape index (κ1) is 13.8. The first-order chi connectivity index (χ1) is 9.38. The molecule has 0 bridgehead atoms. The summed E-state index contributed by atoms with van der Waals surface area (Å²) in [5, 5.41) is 3.75. The van der Waals surface area contributed by atoms with E-state index >= 15 is 0 Å². The molecule has 3 aliphatic rings. The fraction of sp³-hybridized carbons (Fsp3) is 1.00. The van der Waals surface area contributed by atoms with Gasteiger partial charge in [-0.15, -0.1) is 0 Å². The maximum Gasteiger partial charge on any atom is 0.0250 e. The summed E-state index contributed by atoms with van der Waals surface area (Å²) in [6.07, 6.45) is 10.0. The monoisotopic (exact) mass is 265 g/mol. The van der Waals surface area contributed by atoms with Crippen molar-refractivity contribution in [3.8, 4) is 0 Å². The number of piperidine rings is 1. The van der Waals surface area contributed by atoms with Gasteiger partial charge in [0.05, 0.1) is 0 Å². The van der Waals surface area contributed by atoms with Gasteiger partial charge in [0.15, 0.2) is 0 Å². The number of rotatable bonds is 3. The molecule has 3 heteroatoms. The molecule has 2 saturated heterocycles. The average molecular weight is 265 g/mol. The van der Waals surface area contributed by atoms with Gasteiger partial charge in [0.2, 0.25) is 0 Å². The lowest BCUT2D eigenvalue weighted by Gasteiger charge is -2.49. The number of nitrogens with zero attached hydrogens (tertiary/aromatic N) is 2. The molecular weight excluding hydrogens is 234 g/mol. The van der Waals surface area contributed by atoms with Crippen molar-refractivity contribution in [1.82, 2.24) is 15.1 Å². The van der Waals surface area contributed by atoms with Gasteiger partial charge in [0.1, 0.15) is 0 Å². The summed E-state index contributed by atoms with van der Waals surface area (Å²) in [5.74, 6) is 0. The number of piperazine rings is 1. The van der Waals surface area contributed by atoms with Crippen LogP contribution < -0.4 is 5.32 Å². The molecule has 0 aromatic rings. The van der Waals surface area contributed by atoms with Crippen LogP contribution in [0.5, 0.6) is 0 Å². The van der Waals surface area contributed by atoms with Gasteiger partial charge in [0.25, 0.3) is 0 Å². The molecule has 2 aliphatic heterocycles. The van der Waals surface area contributed by atoms with Crippen LogP contribution in [0.15, 0.2) is 0 Å². The van der Waals surface area contributed by atoms with Crippen molar-refractivity contribution in [2.24, 2.45) is 0 Å². The molecule has 2 heterocycles. The molecule has 0 spiro atoms. The van der Waals surface area contributed by atoms with Gasteiger partial charge < -0.3 is 5.32 Å². The van der Waals surface area contributed by atoms with Crippen molar-refractivity contribution >= 4 is 0 Å². The standard InChI is InChI=1S/C16H31N3/c1-2-17-15-8-3-4-9-16(15)19-12-11-18-10-6-5-7-14(18)13-19/h14-17H,2-13H2,1H3. The Balaban J connectivity index is 1.60. The topological polar surface area (TPSA) is 18.5 Å². The van der Waals surface area contributed by atoms with Gasteiger partial charge in [-0.05, 0) is 38.8 Å². The fourth-order valence-electron chi connectivity index (χ4n) is 4.53. The highest BCUT2D eigenvalue weighted by Gasteiger charge is 2.35. The van der Waals surface area contributed by atoms with Gasteiger partial charge in [-0.2, -0.15) is 0 Å². The maximum absolute atomic E-state index is 3.75. The third-order valence-corrected chi connectivity index (χ3v) is 5.53. The van der Waals surface area contributed by atoms with E-state index in [0.29, 0.717) is 0 Å². The smallest absolute Gasteiger partial charge is 0.0250 e. The molecule has 1 N–H and O–H groups in total. The molecular formula is C16H31N3. The summed E-state index contributed by atoms with van der Waals surface area (Å²) in [7, 11) is 0. The molecule has 3 rings (SSSR count). The average Bonchev–Trinajstić information content (AvgIpc) is 2.48. The molecule has 1 aliphatic carbocycles. The number of likely N-dealkylation sites (N-methyl/N-ethyl adjacent to an activating group) is 1. The van der Waals surface area contributed by atoms with Crippen molar-refractivity contribution in [2.45, 2.75) is 70.0 Å². The van der Waals surface area contributed by atoms with Crippen LogP contribution >= 0.6 is 0 Å². The van der Waals surface area contributed by atoms with E-state index in [1.165, 1.54) is 71.1 Å². The Morgan fingerprint density at radius 2 is 1.68 bits per heavy atom. The highest BCUT2D eigenvalue weighted by Crippen LogP contribution is 2.28. The summed E-state index contributed by atoms with van der Waals surface area (Å²) in [6.45, 7) is 8.71. The molecule has 3 fully saturated rings. The Labute approximate surface area is 118 Å². The van der Waals surface area contributed by atoms with Crippen LogP contribution in [-0.2, 0) is 0 Å². The zero-order valence-corrected chi connectivity index (χ0v) is 12.6. The molecule has 0 amide bonds. The predicted molar refractivity (Wildman–Crippen MR) is 80.5 cm³/mol. The van der Waals surface area contributed by atoms with Crippen molar-refractivity contribution in [3.05, 3.63) is 0 Å². The molecule has 1 saturated carbocycles. The fourth-order valence-corrected chi connectivity index (χ4v) is 4.53. The lowest BCUT2D eigenvalue weighted by atomic mass is 9.87. The molecule has 3 unspecified atom stereocenters. The van der Waals surface area contributed by atoms with Crippen LogP contribution in [0.3, 0.4) is 0 Å². The van der Waals surface area contributed by atoms with Crippen molar-refractivity contribution in [3.63, 3.8) is 0 Å². The molecule has 3 atom stereocenters. The normalized spacial score (nSPS) is 38.1. The predicted octanol–water partition coefficient (Wildman–Crippen LogP) is 2.08. The van der Waals surface area contributed by atoms with Crippen LogP contribution in [0, 0.1) is 0 Å². The second-order valence-electron chi connectivity index (χ2n) is 6.70. The van der Waals surface area contributed by atoms with Crippen LogP contribution in [-0.4, -0.2) is 60.6 Å². The van der Waals surface area contributed by atoms with E-state index in [0.717, 1.165) is 24.7 Å². The summed E-state index contributed by atoms with van der Waals surface area (Å²) >= 11 is 0. The van der Waals surface area contributed by atoms with E-state index in [9.17, 15) is 0 Å². The second kappa shape index (κ2) is 6.55. The zero-order valence-electron chi connectivity index (χ0n) is 12.6. The second-order valence-corrected chi connectivity index (χ2v) is 6.70. The molecule has 0 radical (unpaired) electrons. The van der Waals surface area contributed by atoms with Crippen molar-refractivity contribution in [2.75, 3.05) is 32.7 Å². The van der Waals surface area contributed by atoms with Gasteiger partial charge in [-0.3, -0.25) is 9.80 Å². The number of nitrogens with one attached hydrogen (secondary N) is 1. The van der Waals surface area contributed by atoms with Crippen LogP contribution in [0.4, 0.5) is 0 Å². The lowest BCUT2D eigenvalue weighted by molar-refractivity contribution is 0.00914. The number of hydrogen-bond acceptors (Lipinski definition) is 3. The summed E-state index contributed by atoms with van der Waals surface area (Å²) in [5.41, 5.74) is 0. The van der Waals surface area contributed by atoms with Gasteiger partial charge >= 0.3 is 0 Å². The van der Waals surface area contributed by atoms with E-state index < -0.39 is 0 Å². The van der Waals surface area contributed by atoms with Gasteiger partial charge in [-0.1, -0.05) is 26.2 Å².